The fraction of sp³-hybridized carbons (Fsp3) is 0.235. The van der Waals surface area contributed by atoms with Crippen LogP contribution in [0.1, 0.15) is 29.7 Å². The highest BCUT2D eigenvalue weighted by Gasteiger charge is 2.08. The van der Waals surface area contributed by atoms with Gasteiger partial charge in [-0.3, -0.25) is 9.59 Å². The molecule has 2 aromatic rings. The number of nitrogens with one attached hydrogen (secondary N) is 3. The molecule has 2 rings (SSSR count). The number of benzene rings is 1. The van der Waals surface area contributed by atoms with Crippen molar-refractivity contribution >= 4 is 23.7 Å². The zero-order chi connectivity index (χ0) is 16.7. The largest absolute Gasteiger partial charge is 0.360 e. The van der Waals surface area contributed by atoms with Crippen LogP contribution in [0, 0.1) is 13.8 Å². The second-order valence-corrected chi connectivity index (χ2v) is 5.29. The van der Waals surface area contributed by atoms with Gasteiger partial charge in [0.1, 0.15) is 0 Å². The summed E-state index contributed by atoms with van der Waals surface area (Å²) in [6.07, 6.45) is 3.46. The van der Waals surface area contributed by atoms with Gasteiger partial charge in [-0.05, 0) is 37.6 Å². The number of rotatable bonds is 6. The van der Waals surface area contributed by atoms with Crippen molar-refractivity contribution < 1.29 is 9.59 Å². The Morgan fingerprint density at radius 1 is 1.17 bits per heavy atom. The van der Waals surface area contributed by atoms with Crippen molar-refractivity contribution in [1.82, 2.24) is 10.4 Å². The minimum Gasteiger partial charge on any atom is -0.360 e. The van der Waals surface area contributed by atoms with Gasteiger partial charge in [0.05, 0.1) is 11.9 Å². The zero-order valence-corrected chi connectivity index (χ0v) is 13.2. The minimum atomic E-state index is -0.302. The summed E-state index contributed by atoms with van der Waals surface area (Å²) in [5.74, 6) is -0.496. The summed E-state index contributed by atoms with van der Waals surface area (Å²) in [4.78, 5) is 26.4. The summed E-state index contributed by atoms with van der Waals surface area (Å²) >= 11 is 0. The maximum Gasteiger partial charge on any atom is 0.240 e. The van der Waals surface area contributed by atoms with Gasteiger partial charge in [0.25, 0.3) is 0 Å². The molecule has 23 heavy (non-hydrogen) atoms. The quantitative estimate of drug-likeness (QED) is 0.565. The van der Waals surface area contributed by atoms with Crippen LogP contribution in [0.3, 0.4) is 0 Å². The monoisotopic (exact) mass is 312 g/mol. The fourth-order valence-corrected chi connectivity index (χ4v) is 2.05. The third-order valence-corrected chi connectivity index (χ3v) is 3.25. The molecule has 120 valence electrons. The van der Waals surface area contributed by atoms with Gasteiger partial charge in [-0.15, -0.1) is 0 Å². The van der Waals surface area contributed by atoms with E-state index in [-0.39, 0.29) is 24.7 Å². The van der Waals surface area contributed by atoms with Gasteiger partial charge in [0.15, 0.2) is 0 Å². The lowest BCUT2D eigenvalue weighted by Gasteiger charge is -2.08. The third kappa shape index (κ3) is 5.43. The third-order valence-electron chi connectivity index (χ3n) is 3.25. The Labute approximate surface area is 135 Å². The van der Waals surface area contributed by atoms with Gasteiger partial charge >= 0.3 is 0 Å². The molecule has 0 fully saturated rings. The number of aromatic amines is 1. The molecule has 6 nitrogen and oxygen atoms in total. The number of hydrazone groups is 1. The number of nitrogens with zero attached hydrogens (tertiary/aromatic N) is 1. The summed E-state index contributed by atoms with van der Waals surface area (Å²) in [6, 6.07) is 9.46. The Morgan fingerprint density at radius 2 is 1.96 bits per heavy atom. The van der Waals surface area contributed by atoms with Gasteiger partial charge in [0, 0.05) is 24.7 Å². The van der Waals surface area contributed by atoms with Gasteiger partial charge in [-0.1, -0.05) is 17.7 Å². The Kier molecular flexibility index (Phi) is 5.68. The van der Waals surface area contributed by atoms with Crippen LogP contribution < -0.4 is 10.7 Å². The maximum absolute atomic E-state index is 11.9. The van der Waals surface area contributed by atoms with Crippen molar-refractivity contribution in [2.24, 2.45) is 5.10 Å². The summed E-state index contributed by atoms with van der Waals surface area (Å²) < 4.78 is 0. The molecule has 3 N–H and O–H groups in total. The average molecular weight is 312 g/mol. The normalized spacial score (nSPS) is 10.7. The van der Waals surface area contributed by atoms with E-state index in [1.165, 1.54) is 6.21 Å². The number of amides is 2. The minimum absolute atomic E-state index is 0.0822. The molecule has 1 aromatic carbocycles. The summed E-state index contributed by atoms with van der Waals surface area (Å²) in [5, 5.41) is 6.62. The average Bonchev–Trinajstić information content (AvgIpc) is 3.01. The standard InChI is InChI=1S/C17H20N4O2/c1-12-5-6-15(13(2)10-12)20-16(22)7-8-17(23)21-19-11-14-4-3-9-18-14/h3-6,9-11,18H,7-8H2,1-2H3,(H,20,22)(H,21,23). The van der Waals surface area contributed by atoms with E-state index in [1.54, 1.807) is 6.20 Å². The molecular formula is C17H20N4O2. The molecule has 0 radical (unpaired) electrons. The molecule has 0 saturated carbocycles. The lowest BCUT2D eigenvalue weighted by atomic mass is 10.1. The number of hydrogen-bond donors (Lipinski definition) is 3. The first-order valence-electron chi connectivity index (χ1n) is 7.37. The number of H-pyrrole nitrogens is 1. The van der Waals surface area contributed by atoms with Gasteiger partial charge in [0.2, 0.25) is 11.8 Å². The van der Waals surface area contributed by atoms with Crippen LogP contribution in [0.5, 0.6) is 0 Å². The molecule has 6 heteroatoms. The van der Waals surface area contributed by atoms with Crippen molar-refractivity contribution in [3.63, 3.8) is 0 Å². The van der Waals surface area contributed by atoms with Crippen molar-refractivity contribution in [2.45, 2.75) is 26.7 Å². The van der Waals surface area contributed by atoms with Crippen LogP contribution in [0.15, 0.2) is 41.6 Å². The lowest BCUT2D eigenvalue weighted by Crippen LogP contribution is -2.20. The second-order valence-electron chi connectivity index (χ2n) is 5.29. The Balaban J connectivity index is 1.74. The number of aromatic nitrogens is 1. The molecule has 0 atom stereocenters. The Morgan fingerprint density at radius 3 is 2.65 bits per heavy atom. The summed E-state index contributed by atoms with van der Waals surface area (Å²) in [5.41, 5.74) is 6.09. The number of hydrogen-bond acceptors (Lipinski definition) is 3. The van der Waals surface area contributed by atoms with E-state index in [0.29, 0.717) is 0 Å². The number of anilines is 1. The van der Waals surface area contributed by atoms with Gasteiger partial charge < -0.3 is 10.3 Å². The first-order chi connectivity index (χ1) is 11.0. The van der Waals surface area contributed by atoms with E-state index in [4.69, 9.17) is 0 Å². The second kappa shape index (κ2) is 7.93. The highest BCUT2D eigenvalue weighted by Crippen LogP contribution is 2.16. The Hall–Kier alpha value is -2.89. The SMILES string of the molecule is Cc1ccc(NC(=O)CCC(=O)NN=Cc2ccc[nH]2)c(C)c1. The van der Waals surface area contributed by atoms with Crippen LogP contribution in [-0.2, 0) is 9.59 Å². The highest BCUT2D eigenvalue weighted by molar-refractivity contribution is 5.94. The molecule has 0 aliphatic rings. The molecule has 0 aliphatic heterocycles. The molecule has 2 amide bonds. The van der Waals surface area contributed by atoms with Crippen LogP contribution in [-0.4, -0.2) is 23.0 Å². The van der Waals surface area contributed by atoms with Crippen molar-refractivity contribution in [1.29, 1.82) is 0 Å². The molecule has 0 saturated heterocycles. The first-order valence-corrected chi connectivity index (χ1v) is 7.37. The van der Waals surface area contributed by atoms with Gasteiger partial charge in [-0.25, -0.2) is 5.43 Å². The molecule has 0 spiro atoms. The molecule has 0 bridgehead atoms. The predicted molar refractivity (Wildman–Crippen MR) is 90.3 cm³/mol. The van der Waals surface area contributed by atoms with E-state index >= 15 is 0 Å². The molecular weight excluding hydrogens is 292 g/mol. The highest BCUT2D eigenvalue weighted by atomic mass is 16.2. The summed E-state index contributed by atoms with van der Waals surface area (Å²) in [7, 11) is 0. The van der Waals surface area contributed by atoms with Crippen molar-refractivity contribution in [3.05, 3.63) is 53.3 Å². The fourth-order valence-electron chi connectivity index (χ4n) is 2.05. The molecule has 0 unspecified atom stereocenters. The number of carbonyl (C=O) groups excluding carboxylic acids is 2. The van der Waals surface area contributed by atoms with Crippen molar-refractivity contribution in [2.75, 3.05) is 5.32 Å². The van der Waals surface area contributed by atoms with Crippen LogP contribution in [0.2, 0.25) is 0 Å². The van der Waals surface area contributed by atoms with Crippen LogP contribution >= 0.6 is 0 Å². The maximum atomic E-state index is 11.9. The van der Waals surface area contributed by atoms with Crippen LogP contribution in [0.25, 0.3) is 0 Å². The number of carbonyl (C=O) groups is 2. The van der Waals surface area contributed by atoms with E-state index in [2.05, 4.69) is 20.8 Å². The lowest BCUT2D eigenvalue weighted by molar-refractivity contribution is -0.124. The van der Waals surface area contributed by atoms with E-state index in [1.807, 2.05) is 44.2 Å². The molecule has 0 aliphatic carbocycles. The van der Waals surface area contributed by atoms with E-state index < -0.39 is 0 Å². The molecule has 1 heterocycles. The summed E-state index contributed by atoms with van der Waals surface area (Å²) in [6.45, 7) is 3.93. The van der Waals surface area contributed by atoms with E-state index in [9.17, 15) is 9.59 Å². The smallest absolute Gasteiger partial charge is 0.240 e. The number of aryl methyl sites for hydroxylation is 2. The predicted octanol–water partition coefficient (Wildman–Crippen LogP) is 2.50. The topological polar surface area (TPSA) is 86.3 Å². The van der Waals surface area contributed by atoms with Crippen LogP contribution in [0.4, 0.5) is 5.69 Å². The zero-order valence-electron chi connectivity index (χ0n) is 13.2. The van der Waals surface area contributed by atoms with Crippen molar-refractivity contribution in [3.8, 4) is 0 Å². The van der Waals surface area contributed by atoms with Gasteiger partial charge in [-0.2, -0.15) is 5.10 Å². The first kappa shape index (κ1) is 16.5. The Bertz CT molecular complexity index is 705. The molecule has 1 aromatic heterocycles. The van der Waals surface area contributed by atoms with E-state index in [0.717, 1.165) is 22.5 Å².